The lowest BCUT2D eigenvalue weighted by Gasteiger charge is -2.36. The number of carbonyl (C=O) groups excluding carboxylic acids is 1. The first-order valence-corrected chi connectivity index (χ1v) is 7.63. The van der Waals surface area contributed by atoms with Crippen molar-refractivity contribution >= 4 is 5.97 Å². The zero-order valence-electron chi connectivity index (χ0n) is 13.1. The molecule has 2 heteroatoms. The van der Waals surface area contributed by atoms with Crippen LogP contribution in [0.3, 0.4) is 0 Å². The van der Waals surface area contributed by atoms with E-state index in [0.29, 0.717) is 0 Å². The van der Waals surface area contributed by atoms with Crippen LogP contribution in [0.4, 0.5) is 0 Å². The topological polar surface area (TPSA) is 26.3 Å². The van der Waals surface area contributed by atoms with E-state index in [2.05, 4.69) is 27.7 Å². The van der Waals surface area contributed by atoms with Crippen molar-refractivity contribution in [3.63, 3.8) is 0 Å². The molecular weight excluding hydrogens is 224 g/mol. The molecule has 18 heavy (non-hydrogen) atoms. The molecular formula is C16H32O2. The number of carbonyl (C=O) groups is 1. The maximum atomic E-state index is 11.9. The van der Waals surface area contributed by atoms with Crippen LogP contribution >= 0.6 is 0 Å². The summed E-state index contributed by atoms with van der Waals surface area (Å²) in [6.45, 7) is 8.80. The van der Waals surface area contributed by atoms with Crippen molar-refractivity contribution in [1.29, 1.82) is 0 Å². The minimum absolute atomic E-state index is 0.0241. The second-order valence-corrected chi connectivity index (χ2v) is 5.70. The number of methoxy groups -OCH3 is 1. The van der Waals surface area contributed by atoms with Gasteiger partial charge in [-0.05, 0) is 24.7 Å². The molecule has 0 saturated carbocycles. The molecule has 0 aliphatic heterocycles. The summed E-state index contributed by atoms with van der Waals surface area (Å²) in [5.41, 5.74) is 0.115. The van der Waals surface area contributed by atoms with Crippen molar-refractivity contribution in [2.45, 2.75) is 79.1 Å². The van der Waals surface area contributed by atoms with Gasteiger partial charge in [-0.3, -0.25) is 4.79 Å². The standard InChI is InChI=1S/C16H32O2/c1-6-9-10-11-13-16(4,12-7-2)14(8-3)15(17)18-5/h14H,6-13H2,1-5H3. The number of hydrogen-bond donors (Lipinski definition) is 0. The highest BCUT2D eigenvalue weighted by atomic mass is 16.5. The first-order valence-electron chi connectivity index (χ1n) is 7.63. The summed E-state index contributed by atoms with van der Waals surface area (Å²) < 4.78 is 4.98. The molecule has 0 fully saturated rings. The van der Waals surface area contributed by atoms with Crippen molar-refractivity contribution < 1.29 is 9.53 Å². The third-order valence-electron chi connectivity index (χ3n) is 4.16. The van der Waals surface area contributed by atoms with Crippen LogP contribution in [0.2, 0.25) is 0 Å². The summed E-state index contributed by atoms with van der Waals surface area (Å²) in [4.78, 5) is 11.9. The fourth-order valence-corrected chi connectivity index (χ4v) is 3.09. The van der Waals surface area contributed by atoms with Crippen molar-refractivity contribution in [3.05, 3.63) is 0 Å². The Morgan fingerprint density at radius 2 is 1.72 bits per heavy atom. The minimum atomic E-state index is -0.0241. The van der Waals surface area contributed by atoms with Gasteiger partial charge in [-0.25, -0.2) is 0 Å². The van der Waals surface area contributed by atoms with Crippen LogP contribution in [0.25, 0.3) is 0 Å². The molecule has 0 rings (SSSR count). The van der Waals surface area contributed by atoms with E-state index in [0.717, 1.165) is 25.7 Å². The van der Waals surface area contributed by atoms with E-state index in [9.17, 15) is 4.79 Å². The molecule has 0 amide bonds. The highest BCUT2D eigenvalue weighted by Gasteiger charge is 2.37. The third kappa shape index (κ3) is 5.41. The molecule has 0 N–H and O–H groups in total. The molecule has 0 heterocycles. The molecule has 0 aromatic rings. The quantitative estimate of drug-likeness (QED) is 0.408. The Morgan fingerprint density at radius 3 is 2.17 bits per heavy atom. The predicted octanol–water partition coefficient (Wildman–Crippen LogP) is 4.96. The summed E-state index contributed by atoms with van der Waals surface area (Å²) >= 11 is 0. The zero-order chi connectivity index (χ0) is 14.0. The lowest BCUT2D eigenvalue weighted by atomic mass is 9.69. The minimum Gasteiger partial charge on any atom is -0.469 e. The smallest absolute Gasteiger partial charge is 0.309 e. The van der Waals surface area contributed by atoms with Crippen molar-refractivity contribution in [3.8, 4) is 0 Å². The summed E-state index contributed by atoms with van der Waals surface area (Å²) in [5.74, 6) is 0.0352. The Kier molecular flexibility index (Phi) is 9.13. The first kappa shape index (κ1) is 17.5. The van der Waals surface area contributed by atoms with Crippen molar-refractivity contribution in [2.24, 2.45) is 11.3 Å². The first-order chi connectivity index (χ1) is 8.55. The largest absolute Gasteiger partial charge is 0.469 e. The molecule has 0 aromatic heterocycles. The van der Waals surface area contributed by atoms with Gasteiger partial charge in [-0.1, -0.05) is 59.8 Å². The molecule has 0 saturated heterocycles. The fourth-order valence-electron chi connectivity index (χ4n) is 3.09. The van der Waals surface area contributed by atoms with Gasteiger partial charge in [-0.15, -0.1) is 0 Å². The average Bonchev–Trinajstić information content (AvgIpc) is 2.35. The third-order valence-corrected chi connectivity index (χ3v) is 4.16. The molecule has 0 aromatic carbocycles. The van der Waals surface area contributed by atoms with Crippen molar-refractivity contribution in [2.75, 3.05) is 7.11 Å². The Morgan fingerprint density at radius 1 is 1.06 bits per heavy atom. The van der Waals surface area contributed by atoms with Crippen LogP contribution in [0, 0.1) is 11.3 Å². The highest BCUT2D eigenvalue weighted by Crippen LogP contribution is 2.40. The predicted molar refractivity (Wildman–Crippen MR) is 77.6 cm³/mol. The number of rotatable bonds is 10. The number of esters is 1. The van der Waals surface area contributed by atoms with E-state index in [-0.39, 0.29) is 17.3 Å². The Balaban J connectivity index is 4.59. The SMILES string of the molecule is CCCCCCC(C)(CCC)C(CC)C(=O)OC. The second kappa shape index (κ2) is 9.41. The van der Waals surface area contributed by atoms with Gasteiger partial charge in [0.15, 0.2) is 0 Å². The maximum absolute atomic E-state index is 11.9. The molecule has 108 valence electrons. The molecule has 0 aliphatic carbocycles. The van der Waals surface area contributed by atoms with Crippen molar-refractivity contribution in [1.82, 2.24) is 0 Å². The van der Waals surface area contributed by atoms with Crippen LogP contribution < -0.4 is 0 Å². The van der Waals surface area contributed by atoms with E-state index in [1.807, 2.05) is 0 Å². The molecule has 0 bridgehead atoms. The van der Waals surface area contributed by atoms with Gasteiger partial charge in [0.2, 0.25) is 0 Å². The monoisotopic (exact) mass is 256 g/mol. The summed E-state index contributed by atoms with van der Waals surface area (Å²) in [7, 11) is 1.51. The Labute approximate surface area is 113 Å². The van der Waals surface area contributed by atoms with Gasteiger partial charge in [0.1, 0.15) is 0 Å². The van der Waals surface area contributed by atoms with Crippen LogP contribution in [0.5, 0.6) is 0 Å². The number of unbranched alkanes of at least 4 members (excludes halogenated alkanes) is 3. The van der Waals surface area contributed by atoms with Crippen LogP contribution in [0.1, 0.15) is 79.1 Å². The van der Waals surface area contributed by atoms with E-state index < -0.39 is 0 Å². The van der Waals surface area contributed by atoms with Gasteiger partial charge in [0.05, 0.1) is 13.0 Å². The molecule has 2 nitrogen and oxygen atoms in total. The Bertz CT molecular complexity index is 225. The van der Waals surface area contributed by atoms with Crippen LogP contribution in [-0.4, -0.2) is 13.1 Å². The lowest BCUT2D eigenvalue weighted by Crippen LogP contribution is -2.34. The number of ether oxygens (including phenoxy) is 1. The van der Waals surface area contributed by atoms with E-state index in [1.54, 1.807) is 0 Å². The van der Waals surface area contributed by atoms with E-state index in [4.69, 9.17) is 4.74 Å². The van der Waals surface area contributed by atoms with E-state index in [1.165, 1.54) is 32.8 Å². The summed E-state index contributed by atoms with van der Waals surface area (Å²) in [6, 6.07) is 0. The normalized spacial score (nSPS) is 16.1. The molecule has 2 unspecified atom stereocenters. The second-order valence-electron chi connectivity index (χ2n) is 5.70. The van der Waals surface area contributed by atoms with Gasteiger partial charge in [0.25, 0.3) is 0 Å². The van der Waals surface area contributed by atoms with Gasteiger partial charge < -0.3 is 4.74 Å². The van der Waals surface area contributed by atoms with Crippen LogP contribution in [0.15, 0.2) is 0 Å². The summed E-state index contributed by atoms with van der Waals surface area (Å²) in [5, 5.41) is 0. The molecule has 2 atom stereocenters. The fraction of sp³-hybridized carbons (Fsp3) is 0.938. The lowest BCUT2D eigenvalue weighted by molar-refractivity contribution is -0.150. The average molecular weight is 256 g/mol. The van der Waals surface area contributed by atoms with E-state index >= 15 is 0 Å². The van der Waals surface area contributed by atoms with Gasteiger partial charge >= 0.3 is 5.97 Å². The summed E-state index contributed by atoms with van der Waals surface area (Å²) in [6.07, 6.45) is 9.37. The number of hydrogen-bond acceptors (Lipinski definition) is 2. The maximum Gasteiger partial charge on any atom is 0.309 e. The van der Waals surface area contributed by atoms with Gasteiger partial charge in [0, 0.05) is 0 Å². The molecule has 0 radical (unpaired) electrons. The van der Waals surface area contributed by atoms with Gasteiger partial charge in [-0.2, -0.15) is 0 Å². The van der Waals surface area contributed by atoms with Crippen LogP contribution in [-0.2, 0) is 9.53 Å². The zero-order valence-corrected chi connectivity index (χ0v) is 13.1. The molecule has 0 spiro atoms. The highest BCUT2D eigenvalue weighted by molar-refractivity contribution is 5.73. The molecule has 0 aliphatic rings. The Hall–Kier alpha value is -0.530.